The van der Waals surface area contributed by atoms with Crippen molar-refractivity contribution in [2.45, 2.75) is 58.8 Å². The summed E-state index contributed by atoms with van der Waals surface area (Å²) < 4.78 is 60.4. The number of aryl methyl sites for hydroxylation is 1. The molecule has 0 bridgehead atoms. The van der Waals surface area contributed by atoms with Crippen LogP contribution in [0.1, 0.15) is 51.3 Å². The molecule has 0 spiro atoms. The summed E-state index contributed by atoms with van der Waals surface area (Å²) in [6.45, 7) is 13.3. The van der Waals surface area contributed by atoms with E-state index in [1.807, 2.05) is 20.8 Å². The SMILES string of the molecule is C=C(C)S/C(=C(/Oc1cc(C)c(NS(=O)C(F)F)cc1F)C(C)CC)c1ccnc(NC2CCCNC2)n1. The highest BCUT2D eigenvalue weighted by atomic mass is 32.2. The van der Waals surface area contributed by atoms with Crippen LogP contribution in [-0.4, -0.2) is 39.1 Å². The predicted molar refractivity (Wildman–Crippen MR) is 150 cm³/mol. The zero-order chi connectivity index (χ0) is 27.8. The molecule has 1 saturated heterocycles. The van der Waals surface area contributed by atoms with Gasteiger partial charge in [-0.3, -0.25) is 0 Å². The monoisotopic (exact) mass is 569 g/mol. The quantitative estimate of drug-likeness (QED) is 0.253. The molecule has 38 heavy (non-hydrogen) atoms. The first kappa shape index (κ1) is 30.0. The number of allylic oxidation sites excluding steroid dienone is 2. The van der Waals surface area contributed by atoms with Crippen molar-refractivity contribution in [1.29, 1.82) is 0 Å². The third-order valence-corrected chi connectivity index (χ3v) is 7.66. The molecule has 12 heteroatoms. The lowest BCUT2D eigenvalue weighted by Gasteiger charge is -2.24. The van der Waals surface area contributed by atoms with Crippen LogP contribution in [0.5, 0.6) is 5.75 Å². The van der Waals surface area contributed by atoms with Crippen LogP contribution in [0.3, 0.4) is 0 Å². The molecule has 0 aliphatic carbocycles. The summed E-state index contributed by atoms with van der Waals surface area (Å²) in [5, 5.41) is 6.74. The summed E-state index contributed by atoms with van der Waals surface area (Å²) in [6.07, 6.45) is 4.45. The average molecular weight is 570 g/mol. The van der Waals surface area contributed by atoms with E-state index in [9.17, 15) is 13.0 Å². The number of hydrogen-bond acceptors (Lipinski definition) is 7. The Morgan fingerprint density at radius 2 is 2.16 bits per heavy atom. The topological polar surface area (TPSA) is 88.2 Å². The van der Waals surface area contributed by atoms with Crippen LogP contribution < -0.4 is 20.1 Å². The van der Waals surface area contributed by atoms with Crippen LogP contribution in [0.4, 0.5) is 24.8 Å². The van der Waals surface area contributed by atoms with E-state index in [0.717, 1.165) is 36.9 Å². The minimum absolute atomic E-state index is 0.00260. The summed E-state index contributed by atoms with van der Waals surface area (Å²) in [6, 6.07) is 4.40. The van der Waals surface area contributed by atoms with E-state index in [2.05, 4.69) is 26.9 Å². The van der Waals surface area contributed by atoms with Gasteiger partial charge in [-0.25, -0.2) is 18.6 Å². The minimum Gasteiger partial charge on any atom is -0.457 e. The summed E-state index contributed by atoms with van der Waals surface area (Å²) in [5.41, 5.74) is 1.02. The fourth-order valence-electron chi connectivity index (χ4n) is 3.79. The minimum atomic E-state index is -3.10. The van der Waals surface area contributed by atoms with E-state index in [4.69, 9.17) is 9.72 Å². The lowest BCUT2D eigenvalue weighted by Crippen LogP contribution is -2.38. The second-order valence-corrected chi connectivity index (χ2v) is 11.6. The number of hydrogen-bond donors (Lipinski definition) is 3. The van der Waals surface area contributed by atoms with Crippen molar-refractivity contribution < 1.29 is 22.1 Å². The number of nitrogens with zero attached hydrogens (tertiary/aromatic N) is 2. The molecule has 7 nitrogen and oxygen atoms in total. The van der Waals surface area contributed by atoms with E-state index in [-0.39, 0.29) is 23.4 Å². The van der Waals surface area contributed by atoms with Crippen LogP contribution in [-0.2, 0) is 11.0 Å². The standard InChI is InChI=1S/C26H34F3N5O2S2/c1-6-16(4)23(36-22-12-17(5)21(13-19(22)27)34-38(35)25(28)29)24(37-15(2)3)20-9-11-31-26(33-20)32-18-8-7-10-30-14-18/h9,11-13,16,18,25,30,34H,2,6-8,10,14H2,1,3-5H3,(H,31,32,33)/b24-23+. The number of thioether (sulfide) groups is 1. The van der Waals surface area contributed by atoms with Crippen molar-refractivity contribution in [2.24, 2.45) is 5.92 Å². The molecule has 2 aromatic rings. The summed E-state index contributed by atoms with van der Waals surface area (Å²) in [5.74, 6) is -3.08. The molecular weight excluding hydrogens is 535 g/mol. The van der Waals surface area contributed by atoms with E-state index in [1.54, 1.807) is 19.2 Å². The number of benzene rings is 1. The Morgan fingerprint density at radius 1 is 1.39 bits per heavy atom. The highest BCUT2D eigenvalue weighted by molar-refractivity contribution is 8.11. The average Bonchev–Trinajstić information content (AvgIpc) is 2.88. The molecule has 3 atom stereocenters. The molecule has 1 aromatic carbocycles. The van der Waals surface area contributed by atoms with E-state index < -0.39 is 22.6 Å². The van der Waals surface area contributed by atoms with Gasteiger partial charge in [0.1, 0.15) is 5.76 Å². The van der Waals surface area contributed by atoms with E-state index in [1.165, 1.54) is 17.8 Å². The van der Waals surface area contributed by atoms with Gasteiger partial charge in [-0.15, -0.1) is 0 Å². The lowest BCUT2D eigenvalue weighted by molar-refractivity contribution is 0.244. The molecule has 3 rings (SSSR count). The molecule has 3 unspecified atom stereocenters. The van der Waals surface area contributed by atoms with Crippen molar-refractivity contribution in [2.75, 3.05) is 23.1 Å². The molecule has 2 heterocycles. The third kappa shape index (κ3) is 8.21. The Bertz CT molecular complexity index is 1190. The Morgan fingerprint density at radius 3 is 2.79 bits per heavy atom. The maximum atomic E-state index is 15.1. The number of anilines is 2. The molecule has 3 N–H and O–H groups in total. The number of aromatic nitrogens is 2. The Kier molecular flexibility index (Phi) is 11.0. The molecule has 1 aliphatic heterocycles. The van der Waals surface area contributed by atoms with Crippen LogP contribution in [0.15, 0.2) is 41.6 Å². The van der Waals surface area contributed by atoms with Gasteiger partial charge in [0.05, 0.1) is 16.3 Å². The molecule has 0 saturated carbocycles. The van der Waals surface area contributed by atoms with Gasteiger partial charge >= 0.3 is 5.76 Å². The smallest absolute Gasteiger partial charge is 0.330 e. The number of alkyl halides is 2. The highest BCUT2D eigenvalue weighted by Crippen LogP contribution is 2.40. The van der Waals surface area contributed by atoms with E-state index >= 15 is 4.39 Å². The van der Waals surface area contributed by atoms with Gasteiger partial charge < -0.3 is 20.1 Å². The summed E-state index contributed by atoms with van der Waals surface area (Å²) >= 11 is 1.37. The number of rotatable bonds is 12. The molecule has 1 aliphatic rings. The van der Waals surface area contributed by atoms with Crippen LogP contribution in [0.25, 0.3) is 4.91 Å². The normalized spacial score (nSPS) is 17.9. The fourth-order valence-corrected chi connectivity index (χ4v) is 5.22. The molecule has 1 fully saturated rings. The summed E-state index contributed by atoms with van der Waals surface area (Å²) in [4.78, 5) is 10.6. The van der Waals surface area contributed by atoms with E-state index in [0.29, 0.717) is 34.3 Å². The molecule has 0 amide bonds. The van der Waals surface area contributed by atoms with Gasteiger partial charge in [0.15, 0.2) is 22.6 Å². The van der Waals surface area contributed by atoms with Crippen molar-refractivity contribution in [3.8, 4) is 5.75 Å². The van der Waals surface area contributed by atoms with Crippen molar-refractivity contribution in [3.05, 3.63) is 58.7 Å². The maximum Gasteiger partial charge on any atom is 0.330 e. The Balaban J connectivity index is 2.01. The largest absolute Gasteiger partial charge is 0.457 e. The molecular formula is C26H34F3N5O2S2. The lowest BCUT2D eigenvalue weighted by atomic mass is 10.1. The Labute approximate surface area is 228 Å². The van der Waals surface area contributed by atoms with Gasteiger partial charge in [0.2, 0.25) is 5.95 Å². The number of nitrogens with one attached hydrogen (secondary N) is 3. The van der Waals surface area contributed by atoms with Gasteiger partial charge in [-0.1, -0.05) is 32.2 Å². The van der Waals surface area contributed by atoms with Crippen molar-refractivity contribution in [3.63, 3.8) is 0 Å². The van der Waals surface area contributed by atoms with Crippen molar-refractivity contribution >= 4 is 39.3 Å². The zero-order valence-corrected chi connectivity index (χ0v) is 23.6. The highest BCUT2D eigenvalue weighted by Gasteiger charge is 2.23. The number of halogens is 3. The molecule has 0 radical (unpaired) electrons. The first-order valence-corrected chi connectivity index (χ1v) is 14.4. The van der Waals surface area contributed by atoms with Crippen molar-refractivity contribution in [1.82, 2.24) is 15.3 Å². The number of piperidine rings is 1. The van der Waals surface area contributed by atoms with Gasteiger partial charge in [-0.05, 0) is 62.3 Å². The van der Waals surface area contributed by atoms with Crippen LogP contribution in [0, 0.1) is 18.7 Å². The zero-order valence-electron chi connectivity index (χ0n) is 21.9. The number of ether oxygens (including phenoxy) is 1. The fraction of sp³-hybridized carbons (Fsp3) is 0.462. The van der Waals surface area contributed by atoms with Crippen LogP contribution >= 0.6 is 11.8 Å². The van der Waals surface area contributed by atoms with Gasteiger partial charge in [0.25, 0.3) is 0 Å². The first-order valence-electron chi connectivity index (χ1n) is 12.4. The van der Waals surface area contributed by atoms with Gasteiger partial charge in [-0.2, -0.15) is 8.78 Å². The maximum absolute atomic E-state index is 15.1. The predicted octanol–water partition coefficient (Wildman–Crippen LogP) is 6.45. The second kappa shape index (κ2) is 14.0. The Hall–Kier alpha value is -2.57. The third-order valence-electron chi connectivity index (χ3n) is 5.95. The van der Waals surface area contributed by atoms with Gasteiger partial charge in [0, 0.05) is 30.8 Å². The molecule has 208 valence electrons. The first-order chi connectivity index (χ1) is 18.1. The second-order valence-electron chi connectivity index (χ2n) is 9.12. The van der Waals surface area contributed by atoms with Crippen LogP contribution in [0.2, 0.25) is 0 Å². The molecule has 1 aromatic heterocycles. The summed E-state index contributed by atoms with van der Waals surface area (Å²) in [7, 11) is -2.65.